The number of esters is 1. The summed E-state index contributed by atoms with van der Waals surface area (Å²) in [4.78, 5) is 20.9. The minimum Gasteiger partial charge on any atom is -0.465 e. The number of hydrogen-bond donors (Lipinski definition) is 2. The summed E-state index contributed by atoms with van der Waals surface area (Å²) < 4.78 is 11.0. The maximum Gasteiger partial charge on any atom is 0.339 e. The van der Waals surface area contributed by atoms with E-state index in [1.54, 1.807) is 12.3 Å². The van der Waals surface area contributed by atoms with Crippen molar-refractivity contribution in [3.05, 3.63) is 39.5 Å². The number of carbonyl (C=O) groups is 1. The predicted octanol–water partition coefficient (Wildman–Crippen LogP) is 3.73. The van der Waals surface area contributed by atoms with Crippen molar-refractivity contribution in [1.29, 1.82) is 5.26 Å². The quantitative estimate of drug-likeness (QED) is 0.650. The van der Waals surface area contributed by atoms with Crippen molar-refractivity contribution in [1.82, 2.24) is 9.97 Å². The highest BCUT2D eigenvalue weighted by atomic mass is 79.9. The molecule has 1 saturated heterocycles. The molecular weight excluding hydrogens is 438 g/mol. The van der Waals surface area contributed by atoms with Crippen LogP contribution in [0, 0.1) is 31.1 Å². The van der Waals surface area contributed by atoms with Gasteiger partial charge in [0.05, 0.1) is 37.3 Å². The number of nitriles is 1. The van der Waals surface area contributed by atoms with Crippen LogP contribution in [-0.4, -0.2) is 42.3 Å². The van der Waals surface area contributed by atoms with Crippen molar-refractivity contribution in [3.8, 4) is 6.07 Å². The normalized spacial score (nSPS) is 18.6. The fraction of sp³-hybridized carbons (Fsp3) is 0.400. The fourth-order valence-electron chi connectivity index (χ4n) is 3.09. The Morgan fingerprint density at radius 3 is 2.90 bits per heavy atom. The van der Waals surface area contributed by atoms with Crippen LogP contribution in [0.3, 0.4) is 0 Å². The van der Waals surface area contributed by atoms with Gasteiger partial charge < -0.3 is 20.1 Å². The molecule has 29 heavy (non-hydrogen) atoms. The number of anilines is 3. The molecule has 8 nitrogen and oxygen atoms in total. The topological polar surface area (TPSA) is 109 Å². The van der Waals surface area contributed by atoms with Crippen LogP contribution in [0.4, 0.5) is 17.5 Å². The second kappa shape index (κ2) is 9.20. The Hall–Kier alpha value is -2.70. The molecule has 1 aliphatic heterocycles. The van der Waals surface area contributed by atoms with Crippen molar-refractivity contribution in [2.45, 2.75) is 26.3 Å². The molecule has 2 atom stereocenters. The van der Waals surface area contributed by atoms with Crippen LogP contribution in [0.1, 0.15) is 27.9 Å². The molecule has 1 aromatic heterocycles. The molecule has 1 aliphatic rings. The maximum absolute atomic E-state index is 12.0. The largest absolute Gasteiger partial charge is 0.465 e. The molecule has 2 aromatic rings. The van der Waals surface area contributed by atoms with E-state index in [0.29, 0.717) is 47.1 Å². The molecule has 3 rings (SSSR count). The number of hydrogen-bond acceptors (Lipinski definition) is 8. The highest BCUT2D eigenvalue weighted by molar-refractivity contribution is 9.10. The van der Waals surface area contributed by atoms with Crippen LogP contribution in [0.15, 0.2) is 22.8 Å². The highest BCUT2D eigenvalue weighted by Gasteiger charge is 2.26. The first kappa shape index (κ1) is 21.0. The summed E-state index contributed by atoms with van der Waals surface area (Å²) in [6.07, 6.45) is 2.40. The number of benzene rings is 1. The first-order valence-electron chi connectivity index (χ1n) is 9.16. The third-order valence-electron chi connectivity index (χ3n) is 4.73. The summed E-state index contributed by atoms with van der Waals surface area (Å²) in [5.41, 5.74) is 2.81. The average molecular weight is 460 g/mol. The summed E-state index contributed by atoms with van der Waals surface area (Å²) in [6, 6.07) is 5.77. The summed E-state index contributed by atoms with van der Waals surface area (Å²) in [5, 5.41) is 15.8. The number of aromatic nitrogens is 2. The van der Waals surface area contributed by atoms with E-state index in [4.69, 9.17) is 9.47 Å². The van der Waals surface area contributed by atoms with Gasteiger partial charge in [-0.3, -0.25) is 0 Å². The fourth-order valence-corrected chi connectivity index (χ4v) is 3.48. The molecule has 0 radical (unpaired) electrons. The zero-order valence-corrected chi connectivity index (χ0v) is 18.0. The molecule has 0 spiro atoms. The van der Waals surface area contributed by atoms with Gasteiger partial charge in [-0.25, -0.2) is 9.78 Å². The Morgan fingerprint density at radius 2 is 2.17 bits per heavy atom. The van der Waals surface area contributed by atoms with E-state index in [0.717, 1.165) is 11.1 Å². The molecule has 1 aromatic carbocycles. The Kier molecular flexibility index (Phi) is 6.67. The van der Waals surface area contributed by atoms with Gasteiger partial charge in [-0.1, -0.05) is 0 Å². The maximum atomic E-state index is 12.0. The van der Waals surface area contributed by atoms with Gasteiger partial charge in [0.2, 0.25) is 5.95 Å². The molecule has 0 bridgehead atoms. The number of carbonyl (C=O) groups excluding carboxylic acids is 1. The Bertz CT molecular complexity index is 960. The molecule has 0 saturated carbocycles. The van der Waals surface area contributed by atoms with Gasteiger partial charge in [0.25, 0.3) is 0 Å². The molecule has 0 aliphatic carbocycles. The Morgan fingerprint density at radius 1 is 1.38 bits per heavy atom. The minimum atomic E-state index is -0.435. The third-order valence-corrected chi connectivity index (χ3v) is 5.78. The third kappa shape index (κ3) is 4.83. The van der Waals surface area contributed by atoms with E-state index in [2.05, 4.69) is 42.6 Å². The zero-order valence-electron chi connectivity index (χ0n) is 16.5. The van der Waals surface area contributed by atoms with Crippen molar-refractivity contribution in [3.63, 3.8) is 0 Å². The van der Waals surface area contributed by atoms with Crippen LogP contribution in [0.25, 0.3) is 0 Å². The molecule has 0 amide bonds. The van der Waals surface area contributed by atoms with Gasteiger partial charge >= 0.3 is 5.97 Å². The van der Waals surface area contributed by atoms with Gasteiger partial charge in [-0.2, -0.15) is 10.2 Å². The molecule has 152 valence electrons. The minimum absolute atomic E-state index is 0.129. The summed E-state index contributed by atoms with van der Waals surface area (Å²) in [5.74, 6) is 0.447. The smallest absolute Gasteiger partial charge is 0.339 e. The summed E-state index contributed by atoms with van der Waals surface area (Å²) in [7, 11) is 1.34. The standard InChI is InChI=1S/C20H22BrN5O3/c1-11-6-14(7-15(17(11)21)19(27)28-3)24-20-23-9-12(2)18(26-20)25-16-10-29-5-4-13(16)8-22/h6-7,9,13,16H,4-5,10H2,1-3H3,(H2,23,24,25,26). The van der Waals surface area contributed by atoms with Crippen molar-refractivity contribution < 1.29 is 14.3 Å². The predicted molar refractivity (Wildman–Crippen MR) is 112 cm³/mol. The number of methoxy groups -OCH3 is 1. The number of nitrogens with zero attached hydrogens (tertiary/aromatic N) is 3. The van der Waals surface area contributed by atoms with Crippen molar-refractivity contribution in [2.24, 2.45) is 5.92 Å². The van der Waals surface area contributed by atoms with Crippen LogP contribution >= 0.6 is 15.9 Å². The first-order chi connectivity index (χ1) is 13.9. The second-order valence-electron chi connectivity index (χ2n) is 6.85. The lowest BCUT2D eigenvalue weighted by Gasteiger charge is -2.28. The lowest BCUT2D eigenvalue weighted by molar-refractivity contribution is 0.0599. The number of ether oxygens (including phenoxy) is 2. The van der Waals surface area contributed by atoms with E-state index in [9.17, 15) is 10.1 Å². The van der Waals surface area contributed by atoms with Gasteiger partial charge in [0.1, 0.15) is 5.82 Å². The molecular formula is C20H22BrN5O3. The van der Waals surface area contributed by atoms with Crippen LogP contribution in [-0.2, 0) is 9.47 Å². The SMILES string of the molecule is COC(=O)c1cc(Nc2ncc(C)c(NC3COCCC3C#N)n2)cc(C)c1Br. The van der Waals surface area contributed by atoms with Crippen molar-refractivity contribution in [2.75, 3.05) is 31.0 Å². The van der Waals surface area contributed by atoms with Crippen LogP contribution < -0.4 is 10.6 Å². The van der Waals surface area contributed by atoms with Crippen LogP contribution in [0.5, 0.6) is 0 Å². The van der Waals surface area contributed by atoms with E-state index in [1.807, 2.05) is 19.9 Å². The lowest BCUT2D eigenvalue weighted by Crippen LogP contribution is -2.38. The molecule has 2 N–H and O–H groups in total. The van der Waals surface area contributed by atoms with Gasteiger partial charge in [-0.05, 0) is 53.9 Å². The molecule has 1 fully saturated rings. The lowest BCUT2D eigenvalue weighted by atomic mass is 9.96. The van der Waals surface area contributed by atoms with E-state index in [1.165, 1.54) is 7.11 Å². The second-order valence-corrected chi connectivity index (χ2v) is 7.64. The monoisotopic (exact) mass is 459 g/mol. The average Bonchev–Trinajstić information content (AvgIpc) is 2.72. The number of nitrogens with one attached hydrogen (secondary N) is 2. The highest BCUT2D eigenvalue weighted by Crippen LogP contribution is 2.28. The van der Waals surface area contributed by atoms with E-state index in [-0.39, 0.29) is 12.0 Å². The molecule has 2 heterocycles. The van der Waals surface area contributed by atoms with Crippen LogP contribution in [0.2, 0.25) is 0 Å². The van der Waals surface area contributed by atoms with E-state index >= 15 is 0 Å². The molecule has 2 unspecified atom stereocenters. The van der Waals surface area contributed by atoms with E-state index < -0.39 is 5.97 Å². The zero-order chi connectivity index (χ0) is 21.0. The van der Waals surface area contributed by atoms with Gasteiger partial charge in [0.15, 0.2) is 0 Å². The van der Waals surface area contributed by atoms with Gasteiger partial charge in [-0.15, -0.1) is 0 Å². The van der Waals surface area contributed by atoms with Crippen molar-refractivity contribution >= 4 is 39.4 Å². The van der Waals surface area contributed by atoms with Gasteiger partial charge in [0, 0.05) is 28.5 Å². The summed E-state index contributed by atoms with van der Waals surface area (Å²) in [6.45, 7) is 4.84. The number of halogens is 1. The number of rotatable bonds is 5. The summed E-state index contributed by atoms with van der Waals surface area (Å²) >= 11 is 3.42. The number of aryl methyl sites for hydroxylation is 2. The Balaban J connectivity index is 1.84. The Labute approximate surface area is 177 Å². The first-order valence-corrected chi connectivity index (χ1v) is 9.95. The molecule has 9 heteroatoms.